The predicted molar refractivity (Wildman–Crippen MR) is 84.8 cm³/mol. The summed E-state index contributed by atoms with van der Waals surface area (Å²) in [6, 6.07) is 5.50. The summed E-state index contributed by atoms with van der Waals surface area (Å²) in [7, 11) is 0. The minimum atomic E-state index is -1.13. The topological polar surface area (TPSA) is 74.7 Å². The Morgan fingerprint density at radius 2 is 1.65 bits per heavy atom. The molecule has 6 nitrogen and oxygen atoms in total. The van der Waals surface area contributed by atoms with Crippen LogP contribution in [0.25, 0.3) is 0 Å². The second kappa shape index (κ2) is 9.94. The molecule has 23 heavy (non-hydrogen) atoms. The molecule has 0 aromatic carbocycles. The molecule has 1 heterocycles. The molecular weight excluding hydrogens is 298 g/mol. The largest absolute Gasteiger partial charge is 0.465 e. The van der Waals surface area contributed by atoms with Crippen molar-refractivity contribution >= 4 is 11.9 Å². The van der Waals surface area contributed by atoms with E-state index in [1.165, 1.54) is 0 Å². The van der Waals surface area contributed by atoms with E-state index in [0.29, 0.717) is 6.61 Å². The number of carbonyl (C=O) groups excluding carboxylic acids is 2. The first-order valence-corrected chi connectivity index (χ1v) is 7.92. The van der Waals surface area contributed by atoms with E-state index in [-0.39, 0.29) is 19.1 Å². The number of hydrogen-bond donors (Lipinski definition) is 0. The third-order valence-corrected chi connectivity index (χ3v) is 3.42. The molecule has 0 N–H and O–H groups in total. The van der Waals surface area contributed by atoms with Gasteiger partial charge in [0.2, 0.25) is 0 Å². The fraction of sp³-hybridized carbons (Fsp3) is 0.588. The van der Waals surface area contributed by atoms with Crippen LogP contribution in [0.4, 0.5) is 0 Å². The smallest absolute Gasteiger partial charge is 0.323 e. The highest BCUT2D eigenvalue weighted by atomic mass is 16.6. The van der Waals surface area contributed by atoms with E-state index in [2.05, 4.69) is 4.98 Å². The highest BCUT2D eigenvalue weighted by molar-refractivity contribution is 5.95. The standard InChI is InChI=1S/C17H25NO5/c1-5-21-15(12(4)13-10-8-9-11-18-13)14(16(19)22-6-2)17(20)23-7-3/h8-12,14-15H,5-7H2,1-4H3. The number of hydrogen-bond acceptors (Lipinski definition) is 6. The minimum absolute atomic E-state index is 0.186. The lowest BCUT2D eigenvalue weighted by atomic mass is 9.89. The number of carbonyl (C=O) groups is 2. The summed E-state index contributed by atoms with van der Waals surface area (Å²) in [6.45, 7) is 7.80. The summed E-state index contributed by atoms with van der Waals surface area (Å²) in [5.74, 6) is -2.67. The molecule has 0 fully saturated rings. The molecule has 2 atom stereocenters. The quantitative estimate of drug-likeness (QED) is 0.513. The Kier molecular flexibility index (Phi) is 8.26. The van der Waals surface area contributed by atoms with Crippen LogP contribution in [-0.2, 0) is 23.8 Å². The van der Waals surface area contributed by atoms with Gasteiger partial charge in [0.1, 0.15) is 0 Å². The van der Waals surface area contributed by atoms with Gasteiger partial charge in [-0.3, -0.25) is 14.6 Å². The summed E-state index contributed by atoms with van der Waals surface area (Å²) in [4.78, 5) is 28.9. The first-order chi connectivity index (χ1) is 11.1. The Hall–Kier alpha value is -1.95. The molecule has 0 aliphatic heterocycles. The van der Waals surface area contributed by atoms with Crippen LogP contribution < -0.4 is 0 Å². The monoisotopic (exact) mass is 323 g/mol. The van der Waals surface area contributed by atoms with Crippen molar-refractivity contribution < 1.29 is 23.8 Å². The zero-order valence-electron chi connectivity index (χ0n) is 14.2. The van der Waals surface area contributed by atoms with Gasteiger partial charge in [-0.15, -0.1) is 0 Å². The molecule has 6 heteroatoms. The van der Waals surface area contributed by atoms with Crippen LogP contribution in [-0.4, -0.2) is 42.8 Å². The van der Waals surface area contributed by atoms with Crippen molar-refractivity contribution in [3.05, 3.63) is 30.1 Å². The summed E-state index contributed by atoms with van der Waals surface area (Å²) >= 11 is 0. The number of nitrogens with zero attached hydrogens (tertiary/aromatic N) is 1. The third kappa shape index (κ3) is 5.32. The molecule has 0 aliphatic carbocycles. The Morgan fingerprint density at radius 3 is 2.09 bits per heavy atom. The summed E-state index contributed by atoms with van der Waals surface area (Å²) in [5.41, 5.74) is 0.740. The van der Waals surface area contributed by atoms with E-state index in [4.69, 9.17) is 14.2 Å². The lowest BCUT2D eigenvalue weighted by Gasteiger charge is -2.28. The molecule has 0 saturated carbocycles. The molecule has 0 radical (unpaired) electrons. The molecule has 0 bridgehead atoms. The molecule has 0 spiro atoms. The van der Waals surface area contributed by atoms with E-state index in [1.54, 1.807) is 26.1 Å². The Balaban J connectivity index is 3.12. The van der Waals surface area contributed by atoms with Crippen molar-refractivity contribution in [3.63, 3.8) is 0 Å². The van der Waals surface area contributed by atoms with Crippen LogP contribution >= 0.6 is 0 Å². The van der Waals surface area contributed by atoms with Gasteiger partial charge in [-0.25, -0.2) is 0 Å². The molecule has 1 aromatic rings. The molecule has 128 valence electrons. The molecule has 2 unspecified atom stereocenters. The van der Waals surface area contributed by atoms with Crippen molar-refractivity contribution in [2.45, 2.75) is 39.7 Å². The Bertz CT molecular complexity index is 473. The highest BCUT2D eigenvalue weighted by Gasteiger charge is 2.41. The molecule has 0 aliphatic rings. The Morgan fingerprint density at radius 1 is 1.04 bits per heavy atom. The van der Waals surface area contributed by atoms with E-state index in [1.807, 2.05) is 26.0 Å². The van der Waals surface area contributed by atoms with Crippen molar-refractivity contribution in [2.75, 3.05) is 19.8 Å². The average Bonchev–Trinajstić information content (AvgIpc) is 2.55. The lowest BCUT2D eigenvalue weighted by Crippen LogP contribution is -2.42. The van der Waals surface area contributed by atoms with Crippen LogP contribution in [0, 0.1) is 5.92 Å². The maximum Gasteiger partial charge on any atom is 0.323 e. The van der Waals surface area contributed by atoms with Crippen molar-refractivity contribution in [1.29, 1.82) is 0 Å². The summed E-state index contributed by atoms with van der Waals surface area (Å²) < 4.78 is 15.8. The van der Waals surface area contributed by atoms with Gasteiger partial charge in [-0.2, -0.15) is 0 Å². The number of pyridine rings is 1. The molecule has 1 aromatic heterocycles. The normalized spacial score (nSPS) is 13.4. The number of ether oxygens (including phenoxy) is 3. The van der Waals surface area contributed by atoms with E-state index < -0.39 is 24.0 Å². The predicted octanol–water partition coefficient (Wildman–Crippen LogP) is 2.33. The molecule has 1 rings (SSSR count). The van der Waals surface area contributed by atoms with Crippen LogP contribution in [0.1, 0.15) is 39.3 Å². The summed E-state index contributed by atoms with van der Waals surface area (Å²) in [5, 5.41) is 0. The second-order valence-corrected chi connectivity index (χ2v) is 4.95. The zero-order chi connectivity index (χ0) is 17.2. The van der Waals surface area contributed by atoms with Gasteiger partial charge in [0.15, 0.2) is 5.92 Å². The van der Waals surface area contributed by atoms with E-state index in [9.17, 15) is 9.59 Å². The lowest BCUT2D eigenvalue weighted by molar-refractivity contribution is -0.170. The van der Waals surface area contributed by atoms with Crippen molar-refractivity contribution in [2.24, 2.45) is 5.92 Å². The van der Waals surface area contributed by atoms with Gasteiger partial charge in [-0.05, 0) is 32.9 Å². The third-order valence-electron chi connectivity index (χ3n) is 3.42. The maximum atomic E-state index is 12.3. The molecule has 0 saturated heterocycles. The fourth-order valence-electron chi connectivity index (χ4n) is 2.36. The number of aromatic nitrogens is 1. The number of rotatable bonds is 9. The van der Waals surface area contributed by atoms with Gasteiger partial charge < -0.3 is 14.2 Å². The average molecular weight is 323 g/mol. The van der Waals surface area contributed by atoms with Gasteiger partial charge in [0.05, 0.1) is 19.3 Å². The van der Waals surface area contributed by atoms with Crippen LogP contribution in [0.3, 0.4) is 0 Å². The van der Waals surface area contributed by atoms with Gasteiger partial charge in [0.25, 0.3) is 0 Å². The fourth-order valence-corrected chi connectivity index (χ4v) is 2.36. The van der Waals surface area contributed by atoms with Gasteiger partial charge in [0, 0.05) is 24.4 Å². The Labute approximate surface area is 137 Å². The highest BCUT2D eigenvalue weighted by Crippen LogP contribution is 2.27. The zero-order valence-corrected chi connectivity index (χ0v) is 14.2. The van der Waals surface area contributed by atoms with E-state index in [0.717, 1.165) is 5.69 Å². The number of esters is 2. The first-order valence-electron chi connectivity index (χ1n) is 7.92. The van der Waals surface area contributed by atoms with E-state index >= 15 is 0 Å². The summed E-state index contributed by atoms with van der Waals surface area (Å²) in [6.07, 6.45) is 0.964. The van der Waals surface area contributed by atoms with Gasteiger partial charge >= 0.3 is 11.9 Å². The van der Waals surface area contributed by atoms with Crippen molar-refractivity contribution in [1.82, 2.24) is 4.98 Å². The second-order valence-electron chi connectivity index (χ2n) is 4.95. The van der Waals surface area contributed by atoms with Crippen molar-refractivity contribution in [3.8, 4) is 0 Å². The van der Waals surface area contributed by atoms with Crippen LogP contribution in [0.15, 0.2) is 24.4 Å². The molecular formula is C17H25NO5. The van der Waals surface area contributed by atoms with Gasteiger partial charge in [-0.1, -0.05) is 13.0 Å². The minimum Gasteiger partial charge on any atom is -0.465 e. The molecule has 0 amide bonds. The van der Waals surface area contributed by atoms with Crippen LogP contribution in [0.5, 0.6) is 0 Å². The SMILES string of the molecule is CCOC(=O)C(C(=O)OCC)C(OCC)C(C)c1ccccn1. The maximum absolute atomic E-state index is 12.3. The first kappa shape index (κ1) is 19.1. The van der Waals surface area contributed by atoms with Crippen LogP contribution in [0.2, 0.25) is 0 Å².